The molecule has 1 heterocycles. The number of likely N-dealkylation sites (N-methyl/N-ethyl adjacent to an activating group) is 1. The third-order valence-electron chi connectivity index (χ3n) is 2.85. The van der Waals surface area contributed by atoms with Crippen molar-refractivity contribution in [3.8, 4) is 0 Å². The van der Waals surface area contributed by atoms with Gasteiger partial charge in [-0.05, 0) is 5.56 Å². The van der Waals surface area contributed by atoms with Crippen LogP contribution in [0.1, 0.15) is 5.56 Å². The molecule has 1 fully saturated rings. The molecule has 1 aromatic rings. The minimum absolute atomic E-state index is 0.0412. The van der Waals surface area contributed by atoms with Gasteiger partial charge in [0.05, 0.1) is 6.54 Å². The normalized spacial score (nSPS) is 20.8. The molecule has 0 aromatic heterocycles. The highest BCUT2D eigenvalue weighted by atomic mass is 16.2. The molecule has 16 heavy (non-hydrogen) atoms. The summed E-state index contributed by atoms with van der Waals surface area (Å²) >= 11 is 0. The standard InChI is InChI=1S/C12H14N2O2/c1-14-10(12(16)13-8-11(14)15)7-9-5-3-2-4-6-9/h2-6,10H,7-8H2,1H3,(H,13,16). The zero-order valence-corrected chi connectivity index (χ0v) is 9.14. The van der Waals surface area contributed by atoms with Gasteiger partial charge in [-0.1, -0.05) is 30.3 Å². The fourth-order valence-corrected chi connectivity index (χ4v) is 1.82. The average Bonchev–Trinajstić information content (AvgIpc) is 2.31. The molecule has 1 atom stereocenters. The molecule has 4 heteroatoms. The molecule has 1 N–H and O–H groups in total. The van der Waals surface area contributed by atoms with Crippen molar-refractivity contribution in [1.82, 2.24) is 10.2 Å². The van der Waals surface area contributed by atoms with Gasteiger partial charge in [-0.15, -0.1) is 0 Å². The average molecular weight is 218 g/mol. The second kappa shape index (κ2) is 4.35. The summed E-state index contributed by atoms with van der Waals surface area (Å²) in [5.74, 6) is -0.119. The van der Waals surface area contributed by atoms with E-state index in [9.17, 15) is 9.59 Å². The fraction of sp³-hybridized carbons (Fsp3) is 0.333. The summed E-state index contributed by atoms with van der Waals surface area (Å²) in [7, 11) is 1.68. The van der Waals surface area contributed by atoms with E-state index in [1.807, 2.05) is 30.3 Å². The summed E-state index contributed by atoms with van der Waals surface area (Å²) in [6, 6.07) is 9.32. The molecule has 1 unspecified atom stereocenters. The Morgan fingerprint density at radius 3 is 2.69 bits per heavy atom. The number of nitrogens with one attached hydrogen (secondary N) is 1. The van der Waals surface area contributed by atoms with Crippen molar-refractivity contribution in [3.63, 3.8) is 0 Å². The number of hydrogen-bond donors (Lipinski definition) is 1. The lowest BCUT2D eigenvalue weighted by molar-refractivity contribution is -0.143. The molecule has 0 bridgehead atoms. The van der Waals surface area contributed by atoms with Gasteiger partial charge < -0.3 is 10.2 Å². The van der Waals surface area contributed by atoms with Crippen LogP contribution in [0.4, 0.5) is 0 Å². The topological polar surface area (TPSA) is 49.4 Å². The van der Waals surface area contributed by atoms with Crippen LogP contribution in [-0.2, 0) is 16.0 Å². The minimum Gasteiger partial charge on any atom is -0.345 e. The summed E-state index contributed by atoms with van der Waals surface area (Å²) in [6.07, 6.45) is 0.564. The predicted octanol–water partition coefficient (Wildman–Crippen LogP) is 0.186. The van der Waals surface area contributed by atoms with Gasteiger partial charge in [0.1, 0.15) is 6.04 Å². The number of carbonyl (C=O) groups excluding carboxylic acids is 2. The quantitative estimate of drug-likeness (QED) is 0.770. The van der Waals surface area contributed by atoms with Crippen LogP contribution >= 0.6 is 0 Å². The van der Waals surface area contributed by atoms with E-state index in [1.54, 1.807) is 7.05 Å². The lowest BCUT2D eigenvalue weighted by atomic mass is 10.0. The van der Waals surface area contributed by atoms with Crippen molar-refractivity contribution in [3.05, 3.63) is 35.9 Å². The number of amides is 2. The number of piperazine rings is 1. The van der Waals surface area contributed by atoms with Gasteiger partial charge in [0.2, 0.25) is 11.8 Å². The van der Waals surface area contributed by atoms with Gasteiger partial charge in [0, 0.05) is 13.5 Å². The Morgan fingerprint density at radius 1 is 1.31 bits per heavy atom. The molecule has 2 amide bonds. The van der Waals surface area contributed by atoms with Crippen molar-refractivity contribution in [2.75, 3.05) is 13.6 Å². The molecule has 1 aliphatic rings. The third kappa shape index (κ3) is 2.05. The zero-order valence-electron chi connectivity index (χ0n) is 9.14. The first-order valence-electron chi connectivity index (χ1n) is 5.26. The van der Waals surface area contributed by atoms with Gasteiger partial charge >= 0.3 is 0 Å². The Morgan fingerprint density at radius 2 is 2.00 bits per heavy atom. The van der Waals surface area contributed by atoms with Crippen LogP contribution in [0.2, 0.25) is 0 Å². The van der Waals surface area contributed by atoms with Gasteiger partial charge in [-0.2, -0.15) is 0 Å². The van der Waals surface area contributed by atoms with Crippen LogP contribution < -0.4 is 5.32 Å². The maximum Gasteiger partial charge on any atom is 0.243 e. The molecule has 2 rings (SSSR count). The first-order chi connectivity index (χ1) is 7.68. The number of carbonyl (C=O) groups is 2. The largest absolute Gasteiger partial charge is 0.345 e. The molecule has 4 nitrogen and oxygen atoms in total. The molecule has 0 aliphatic carbocycles. The van der Waals surface area contributed by atoms with Crippen molar-refractivity contribution in [1.29, 1.82) is 0 Å². The fourth-order valence-electron chi connectivity index (χ4n) is 1.82. The molecule has 0 saturated carbocycles. The van der Waals surface area contributed by atoms with E-state index < -0.39 is 0 Å². The van der Waals surface area contributed by atoms with Crippen LogP contribution in [0.3, 0.4) is 0 Å². The van der Waals surface area contributed by atoms with Gasteiger partial charge in [-0.25, -0.2) is 0 Å². The van der Waals surface area contributed by atoms with E-state index in [0.717, 1.165) is 5.56 Å². The molecule has 1 aromatic carbocycles. The molecular weight excluding hydrogens is 204 g/mol. The first kappa shape index (κ1) is 10.7. The van der Waals surface area contributed by atoms with Crippen molar-refractivity contribution in [2.24, 2.45) is 0 Å². The monoisotopic (exact) mass is 218 g/mol. The highest BCUT2D eigenvalue weighted by Crippen LogP contribution is 2.10. The molecular formula is C12H14N2O2. The second-order valence-corrected chi connectivity index (χ2v) is 3.93. The smallest absolute Gasteiger partial charge is 0.243 e. The molecule has 0 spiro atoms. The summed E-state index contributed by atoms with van der Waals surface area (Å²) < 4.78 is 0. The van der Waals surface area contributed by atoms with Crippen LogP contribution in [0.25, 0.3) is 0 Å². The number of nitrogens with zero attached hydrogens (tertiary/aromatic N) is 1. The Balaban J connectivity index is 2.13. The second-order valence-electron chi connectivity index (χ2n) is 3.93. The summed E-state index contributed by atoms with van der Waals surface area (Å²) in [5, 5.41) is 2.60. The summed E-state index contributed by atoms with van der Waals surface area (Å²) in [5.41, 5.74) is 1.06. The van der Waals surface area contributed by atoms with E-state index in [2.05, 4.69) is 5.32 Å². The maximum atomic E-state index is 11.6. The van der Waals surface area contributed by atoms with E-state index in [4.69, 9.17) is 0 Å². The Bertz CT molecular complexity index is 403. The van der Waals surface area contributed by atoms with Crippen LogP contribution in [0.15, 0.2) is 30.3 Å². The van der Waals surface area contributed by atoms with Crippen LogP contribution in [-0.4, -0.2) is 36.3 Å². The first-order valence-corrected chi connectivity index (χ1v) is 5.26. The van der Waals surface area contributed by atoms with Gasteiger partial charge in [0.25, 0.3) is 0 Å². The third-order valence-corrected chi connectivity index (χ3v) is 2.85. The van der Waals surface area contributed by atoms with E-state index in [0.29, 0.717) is 6.42 Å². The number of rotatable bonds is 2. The van der Waals surface area contributed by atoms with Crippen LogP contribution in [0, 0.1) is 0 Å². The Kier molecular flexibility index (Phi) is 2.90. The van der Waals surface area contributed by atoms with Gasteiger partial charge in [-0.3, -0.25) is 9.59 Å². The predicted molar refractivity (Wildman–Crippen MR) is 59.7 cm³/mol. The van der Waals surface area contributed by atoms with Crippen LogP contribution in [0.5, 0.6) is 0 Å². The van der Waals surface area contributed by atoms with Crippen molar-refractivity contribution >= 4 is 11.8 Å². The highest BCUT2D eigenvalue weighted by Gasteiger charge is 2.31. The lowest BCUT2D eigenvalue weighted by Crippen LogP contribution is -2.57. The summed E-state index contributed by atoms with van der Waals surface area (Å²) in [6.45, 7) is 0.112. The molecule has 1 aliphatic heterocycles. The van der Waals surface area contributed by atoms with Crippen molar-refractivity contribution < 1.29 is 9.59 Å². The number of hydrogen-bond acceptors (Lipinski definition) is 2. The minimum atomic E-state index is -0.386. The SMILES string of the molecule is CN1C(=O)CNC(=O)C1Cc1ccccc1. The van der Waals surface area contributed by atoms with E-state index in [1.165, 1.54) is 4.90 Å². The zero-order chi connectivity index (χ0) is 11.5. The maximum absolute atomic E-state index is 11.6. The van der Waals surface area contributed by atoms with Gasteiger partial charge in [0.15, 0.2) is 0 Å². The molecule has 1 saturated heterocycles. The Labute approximate surface area is 94.2 Å². The van der Waals surface area contributed by atoms with Crippen molar-refractivity contribution in [2.45, 2.75) is 12.5 Å². The van der Waals surface area contributed by atoms with E-state index in [-0.39, 0.29) is 24.4 Å². The summed E-state index contributed by atoms with van der Waals surface area (Å²) in [4.78, 5) is 24.6. The lowest BCUT2D eigenvalue weighted by Gasteiger charge is -2.31. The Hall–Kier alpha value is -1.84. The number of benzene rings is 1. The molecule has 84 valence electrons. The highest BCUT2D eigenvalue weighted by molar-refractivity contribution is 5.94. The van der Waals surface area contributed by atoms with E-state index >= 15 is 0 Å². The molecule has 0 radical (unpaired) electrons.